The monoisotopic (exact) mass is 167 g/mol. The number of ether oxygens (including phenoxy) is 2. The molecule has 12 heavy (non-hydrogen) atoms. The lowest BCUT2D eigenvalue weighted by Gasteiger charge is -2.29. The Hall–Kier alpha value is -0.800. The zero-order valence-electron chi connectivity index (χ0n) is 6.90. The number of rotatable bonds is 1. The van der Waals surface area contributed by atoms with E-state index in [9.17, 15) is 0 Å². The summed E-state index contributed by atoms with van der Waals surface area (Å²) >= 11 is 0. The maximum atomic E-state index is 5.41. The topological polar surface area (TPSA) is 30.5 Å². The van der Waals surface area contributed by atoms with Gasteiger partial charge < -0.3 is 14.8 Å². The lowest BCUT2D eigenvalue weighted by atomic mass is 10.1. The molecule has 2 unspecified atom stereocenters. The van der Waals surface area contributed by atoms with Crippen molar-refractivity contribution in [1.29, 1.82) is 0 Å². The van der Waals surface area contributed by atoms with Gasteiger partial charge in [0, 0.05) is 6.54 Å². The van der Waals surface area contributed by atoms with Gasteiger partial charge >= 0.3 is 0 Å². The van der Waals surface area contributed by atoms with Gasteiger partial charge in [-0.05, 0) is 12.2 Å². The van der Waals surface area contributed by atoms with Gasteiger partial charge in [-0.2, -0.15) is 0 Å². The molecule has 2 heterocycles. The average Bonchev–Trinajstić information content (AvgIpc) is 2.21. The molecule has 66 valence electrons. The Kier molecular flexibility index (Phi) is 2.44. The maximum Gasteiger partial charge on any atom is 0.134 e. The van der Waals surface area contributed by atoms with Crippen molar-refractivity contribution in [1.82, 2.24) is 5.32 Å². The second-order valence-corrected chi connectivity index (χ2v) is 2.95. The molecule has 1 saturated heterocycles. The van der Waals surface area contributed by atoms with Gasteiger partial charge in [0.1, 0.15) is 6.10 Å². The minimum atomic E-state index is 0.135. The highest BCUT2D eigenvalue weighted by Crippen LogP contribution is 2.09. The minimum absolute atomic E-state index is 0.135. The second-order valence-electron chi connectivity index (χ2n) is 2.95. The fraction of sp³-hybridized carbons (Fsp3) is 0.556. The van der Waals surface area contributed by atoms with Crippen LogP contribution in [-0.4, -0.2) is 31.9 Å². The second kappa shape index (κ2) is 3.74. The van der Waals surface area contributed by atoms with Crippen LogP contribution < -0.4 is 5.32 Å². The van der Waals surface area contributed by atoms with Crippen molar-refractivity contribution in [2.45, 2.75) is 12.1 Å². The summed E-state index contributed by atoms with van der Waals surface area (Å²) in [7, 11) is 0. The molecule has 0 aromatic rings. The third-order valence-corrected chi connectivity index (χ3v) is 2.07. The molecule has 2 aliphatic rings. The first kappa shape index (κ1) is 7.83. The van der Waals surface area contributed by atoms with Crippen molar-refractivity contribution in [2.24, 2.45) is 0 Å². The van der Waals surface area contributed by atoms with Gasteiger partial charge in [0.05, 0.1) is 25.5 Å². The van der Waals surface area contributed by atoms with E-state index in [-0.39, 0.29) is 6.10 Å². The highest BCUT2D eigenvalue weighted by atomic mass is 16.5. The number of hydrogen-bond donors (Lipinski definition) is 1. The largest absolute Gasteiger partial charge is 0.492 e. The van der Waals surface area contributed by atoms with E-state index in [4.69, 9.17) is 9.47 Å². The molecule has 0 bridgehead atoms. The predicted molar refractivity (Wildman–Crippen MR) is 45.8 cm³/mol. The van der Waals surface area contributed by atoms with Gasteiger partial charge in [0.15, 0.2) is 0 Å². The third kappa shape index (κ3) is 1.68. The molecule has 0 amide bonds. The Morgan fingerprint density at radius 2 is 2.33 bits per heavy atom. The van der Waals surface area contributed by atoms with Crippen LogP contribution in [0.25, 0.3) is 0 Å². The van der Waals surface area contributed by atoms with E-state index in [2.05, 4.69) is 5.32 Å². The molecule has 2 rings (SSSR count). The van der Waals surface area contributed by atoms with E-state index in [1.165, 1.54) is 0 Å². The first-order valence-corrected chi connectivity index (χ1v) is 4.27. The zero-order valence-corrected chi connectivity index (χ0v) is 6.90. The molecule has 0 radical (unpaired) electrons. The fourth-order valence-corrected chi connectivity index (χ4v) is 1.43. The maximum absolute atomic E-state index is 5.41. The van der Waals surface area contributed by atoms with Gasteiger partial charge in [-0.15, -0.1) is 0 Å². The van der Waals surface area contributed by atoms with E-state index in [1.54, 1.807) is 6.26 Å². The standard InChI is InChI=1S/C9H13NO2/c1-2-5-12-9(3-1)8-7-11-6-4-10-8/h1-3,5,8-10H,4,6-7H2. The van der Waals surface area contributed by atoms with Gasteiger partial charge in [0.25, 0.3) is 0 Å². The molecular weight excluding hydrogens is 154 g/mol. The summed E-state index contributed by atoms with van der Waals surface area (Å²) in [6.07, 6.45) is 7.80. The van der Waals surface area contributed by atoms with Crippen LogP contribution in [0.2, 0.25) is 0 Å². The first-order valence-electron chi connectivity index (χ1n) is 4.27. The molecule has 3 nitrogen and oxygen atoms in total. The van der Waals surface area contributed by atoms with Crippen molar-refractivity contribution in [3.63, 3.8) is 0 Å². The molecule has 3 heteroatoms. The summed E-state index contributed by atoms with van der Waals surface area (Å²) in [5.74, 6) is 0. The first-order chi connectivity index (χ1) is 5.97. The quantitative estimate of drug-likeness (QED) is 0.615. The Morgan fingerprint density at radius 3 is 3.00 bits per heavy atom. The molecule has 0 saturated carbocycles. The Bertz CT molecular complexity index is 195. The molecule has 0 aliphatic carbocycles. The van der Waals surface area contributed by atoms with Crippen LogP contribution >= 0.6 is 0 Å². The highest BCUT2D eigenvalue weighted by Gasteiger charge is 2.22. The third-order valence-electron chi connectivity index (χ3n) is 2.07. The number of nitrogens with one attached hydrogen (secondary N) is 1. The fourth-order valence-electron chi connectivity index (χ4n) is 1.43. The summed E-state index contributed by atoms with van der Waals surface area (Å²) in [4.78, 5) is 0. The Labute approximate surface area is 72.0 Å². The molecule has 2 atom stereocenters. The van der Waals surface area contributed by atoms with Crippen molar-refractivity contribution < 1.29 is 9.47 Å². The summed E-state index contributed by atoms with van der Waals surface area (Å²) in [5, 5.41) is 3.35. The van der Waals surface area contributed by atoms with Crippen LogP contribution in [0, 0.1) is 0 Å². The van der Waals surface area contributed by atoms with Crippen molar-refractivity contribution in [3.8, 4) is 0 Å². The van der Waals surface area contributed by atoms with E-state index in [1.807, 2.05) is 18.2 Å². The normalized spacial score (nSPS) is 34.7. The van der Waals surface area contributed by atoms with E-state index < -0.39 is 0 Å². The Balaban J connectivity index is 1.90. The van der Waals surface area contributed by atoms with Crippen LogP contribution in [0.3, 0.4) is 0 Å². The lowest BCUT2D eigenvalue weighted by molar-refractivity contribution is 0.0279. The van der Waals surface area contributed by atoms with Gasteiger partial charge in [0.2, 0.25) is 0 Å². The predicted octanol–water partition coefficient (Wildman–Crippen LogP) is 0.443. The van der Waals surface area contributed by atoms with Crippen molar-refractivity contribution in [2.75, 3.05) is 19.8 Å². The molecule has 2 aliphatic heterocycles. The summed E-state index contributed by atoms with van der Waals surface area (Å²) in [6, 6.07) is 0.306. The Morgan fingerprint density at radius 1 is 1.33 bits per heavy atom. The number of hydrogen-bond acceptors (Lipinski definition) is 3. The van der Waals surface area contributed by atoms with Crippen LogP contribution in [0.1, 0.15) is 0 Å². The highest BCUT2D eigenvalue weighted by molar-refractivity contribution is 5.10. The molecular formula is C9H13NO2. The van der Waals surface area contributed by atoms with Gasteiger partial charge in [-0.25, -0.2) is 0 Å². The number of morpholine rings is 1. The van der Waals surface area contributed by atoms with E-state index in [0.29, 0.717) is 6.04 Å². The molecule has 0 aromatic carbocycles. The summed E-state index contributed by atoms with van der Waals surface area (Å²) < 4.78 is 10.7. The molecule has 1 fully saturated rings. The van der Waals surface area contributed by atoms with Gasteiger partial charge in [-0.1, -0.05) is 6.08 Å². The SMILES string of the molecule is C1=COC(C2COCCN2)C=C1. The molecule has 0 spiro atoms. The molecule has 0 aromatic heterocycles. The van der Waals surface area contributed by atoms with E-state index in [0.717, 1.165) is 19.8 Å². The van der Waals surface area contributed by atoms with Crippen LogP contribution in [-0.2, 0) is 9.47 Å². The van der Waals surface area contributed by atoms with Crippen molar-refractivity contribution >= 4 is 0 Å². The van der Waals surface area contributed by atoms with Gasteiger partial charge in [-0.3, -0.25) is 0 Å². The average molecular weight is 167 g/mol. The molecule has 1 N–H and O–H groups in total. The number of allylic oxidation sites excluding steroid dienone is 2. The van der Waals surface area contributed by atoms with Crippen LogP contribution in [0.15, 0.2) is 24.5 Å². The van der Waals surface area contributed by atoms with E-state index >= 15 is 0 Å². The summed E-state index contributed by atoms with van der Waals surface area (Å²) in [5.41, 5.74) is 0. The minimum Gasteiger partial charge on any atom is -0.492 e. The van der Waals surface area contributed by atoms with Crippen molar-refractivity contribution in [3.05, 3.63) is 24.5 Å². The lowest BCUT2D eigenvalue weighted by Crippen LogP contribution is -2.48. The van der Waals surface area contributed by atoms with Crippen LogP contribution in [0.5, 0.6) is 0 Å². The summed E-state index contributed by atoms with van der Waals surface area (Å²) in [6.45, 7) is 2.47. The zero-order chi connectivity index (χ0) is 8.23. The smallest absolute Gasteiger partial charge is 0.134 e. The van der Waals surface area contributed by atoms with Crippen LogP contribution in [0.4, 0.5) is 0 Å².